The van der Waals surface area contributed by atoms with Gasteiger partial charge in [-0.15, -0.1) is 0 Å². The zero-order valence-corrected chi connectivity index (χ0v) is 9.76. The Morgan fingerprint density at radius 1 is 1.36 bits per heavy atom. The molecule has 0 aliphatic heterocycles. The minimum absolute atomic E-state index is 0.0279. The fourth-order valence-corrected chi connectivity index (χ4v) is 2.61. The van der Waals surface area contributed by atoms with E-state index < -0.39 is 0 Å². The van der Waals surface area contributed by atoms with Gasteiger partial charge in [0.1, 0.15) is 11.6 Å². The molecule has 1 aliphatic carbocycles. The Bertz CT molecular complexity index is 269. The topological polar surface area (TPSA) is 34.1 Å². The molecule has 2 nitrogen and oxygen atoms in total. The third kappa shape index (κ3) is 1.41. The molecule has 0 aromatic carbocycles. The number of hydrogen-bond acceptors (Lipinski definition) is 2. The molecular weight excluding hydrogens is 176 g/mol. The molecule has 14 heavy (non-hydrogen) atoms. The normalized spacial score (nSPS) is 43.8. The van der Waals surface area contributed by atoms with Gasteiger partial charge in [-0.3, -0.25) is 9.59 Å². The molecular formula is C12H20O2. The van der Waals surface area contributed by atoms with Crippen molar-refractivity contribution in [2.45, 2.75) is 41.0 Å². The molecule has 0 aromatic heterocycles. The van der Waals surface area contributed by atoms with E-state index in [0.717, 1.165) is 0 Å². The molecule has 0 bridgehead atoms. The Labute approximate surface area is 86.1 Å². The highest BCUT2D eigenvalue weighted by atomic mass is 16.1. The van der Waals surface area contributed by atoms with Gasteiger partial charge in [0, 0.05) is 17.8 Å². The molecule has 0 heterocycles. The van der Waals surface area contributed by atoms with Crippen molar-refractivity contribution < 1.29 is 9.59 Å². The minimum Gasteiger partial charge on any atom is -0.299 e. The van der Waals surface area contributed by atoms with Crippen molar-refractivity contribution in [2.24, 2.45) is 23.2 Å². The molecule has 0 amide bonds. The van der Waals surface area contributed by atoms with Crippen LogP contribution in [0.4, 0.5) is 0 Å². The third-order valence-corrected chi connectivity index (χ3v) is 4.49. The molecule has 80 valence electrons. The molecule has 4 atom stereocenters. The van der Waals surface area contributed by atoms with Crippen LogP contribution in [-0.4, -0.2) is 11.6 Å². The molecule has 0 spiro atoms. The number of carbonyl (C=O) groups is 2. The molecule has 1 rings (SSSR count). The summed E-state index contributed by atoms with van der Waals surface area (Å²) >= 11 is 0. The van der Waals surface area contributed by atoms with Crippen LogP contribution in [0.2, 0.25) is 0 Å². The second-order valence-corrected chi connectivity index (χ2v) is 4.99. The summed E-state index contributed by atoms with van der Waals surface area (Å²) in [4.78, 5) is 23.3. The maximum atomic E-state index is 11.7. The van der Waals surface area contributed by atoms with E-state index in [4.69, 9.17) is 0 Å². The summed E-state index contributed by atoms with van der Waals surface area (Å²) in [6.07, 6.45) is 0.557. The number of carbonyl (C=O) groups excluding carboxylic acids is 2. The standard InChI is InChI=1S/C12H20O2/c1-7-6-11(14)8(2)9(3)12(7,5)10(4)13/h7-9H,6H2,1-5H3. The van der Waals surface area contributed by atoms with Crippen molar-refractivity contribution in [3.8, 4) is 0 Å². The Hall–Kier alpha value is -0.660. The van der Waals surface area contributed by atoms with Crippen LogP contribution in [0.15, 0.2) is 0 Å². The van der Waals surface area contributed by atoms with E-state index in [0.29, 0.717) is 12.2 Å². The van der Waals surface area contributed by atoms with Gasteiger partial charge in [0.05, 0.1) is 0 Å². The first-order valence-corrected chi connectivity index (χ1v) is 5.35. The summed E-state index contributed by atoms with van der Waals surface area (Å²) in [6, 6.07) is 0. The van der Waals surface area contributed by atoms with Crippen LogP contribution in [0.3, 0.4) is 0 Å². The Balaban J connectivity index is 3.06. The average Bonchev–Trinajstić information content (AvgIpc) is 2.11. The SMILES string of the molecule is CC(=O)C1(C)C(C)CC(=O)C(C)C1C. The van der Waals surface area contributed by atoms with Crippen molar-refractivity contribution in [1.82, 2.24) is 0 Å². The first kappa shape index (κ1) is 11.4. The van der Waals surface area contributed by atoms with E-state index in [1.807, 2.05) is 27.7 Å². The lowest BCUT2D eigenvalue weighted by Crippen LogP contribution is -2.48. The first-order valence-electron chi connectivity index (χ1n) is 5.35. The molecule has 1 fully saturated rings. The second-order valence-electron chi connectivity index (χ2n) is 4.99. The van der Waals surface area contributed by atoms with Crippen LogP contribution < -0.4 is 0 Å². The second kappa shape index (κ2) is 3.48. The Kier molecular flexibility index (Phi) is 2.84. The highest BCUT2D eigenvalue weighted by Crippen LogP contribution is 2.46. The molecule has 0 radical (unpaired) electrons. The third-order valence-electron chi connectivity index (χ3n) is 4.49. The smallest absolute Gasteiger partial charge is 0.136 e. The molecule has 1 saturated carbocycles. The van der Waals surface area contributed by atoms with Crippen LogP contribution in [0.5, 0.6) is 0 Å². The molecule has 0 N–H and O–H groups in total. The fraction of sp³-hybridized carbons (Fsp3) is 0.833. The maximum Gasteiger partial charge on any atom is 0.136 e. The molecule has 4 unspecified atom stereocenters. The van der Waals surface area contributed by atoms with E-state index in [1.165, 1.54) is 0 Å². The lowest BCUT2D eigenvalue weighted by Gasteiger charge is -2.45. The van der Waals surface area contributed by atoms with Crippen LogP contribution >= 0.6 is 0 Å². The van der Waals surface area contributed by atoms with E-state index >= 15 is 0 Å². The van der Waals surface area contributed by atoms with Crippen molar-refractivity contribution in [3.05, 3.63) is 0 Å². The lowest BCUT2D eigenvalue weighted by molar-refractivity contribution is -0.144. The highest BCUT2D eigenvalue weighted by Gasteiger charge is 2.49. The fourth-order valence-electron chi connectivity index (χ4n) is 2.61. The summed E-state index contributed by atoms with van der Waals surface area (Å²) < 4.78 is 0. The van der Waals surface area contributed by atoms with Crippen LogP contribution in [0, 0.1) is 23.2 Å². The minimum atomic E-state index is -0.312. The van der Waals surface area contributed by atoms with E-state index in [-0.39, 0.29) is 29.0 Å². The van der Waals surface area contributed by atoms with E-state index in [1.54, 1.807) is 6.92 Å². The Morgan fingerprint density at radius 3 is 2.29 bits per heavy atom. The number of rotatable bonds is 1. The van der Waals surface area contributed by atoms with Gasteiger partial charge in [-0.05, 0) is 18.8 Å². The Morgan fingerprint density at radius 2 is 1.86 bits per heavy atom. The zero-order chi connectivity index (χ0) is 11.1. The van der Waals surface area contributed by atoms with Gasteiger partial charge in [-0.25, -0.2) is 0 Å². The quantitative estimate of drug-likeness (QED) is 0.645. The molecule has 1 aliphatic rings. The monoisotopic (exact) mass is 196 g/mol. The summed E-state index contributed by atoms with van der Waals surface area (Å²) in [5, 5.41) is 0. The molecule has 0 aromatic rings. The van der Waals surface area contributed by atoms with Gasteiger partial charge in [0.15, 0.2) is 0 Å². The van der Waals surface area contributed by atoms with Gasteiger partial charge in [-0.2, -0.15) is 0 Å². The molecule has 0 saturated heterocycles. The van der Waals surface area contributed by atoms with Gasteiger partial charge >= 0.3 is 0 Å². The largest absolute Gasteiger partial charge is 0.299 e. The maximum absolute atomic E-state index is 11.7. The molecule has 2 heteroatoms. The van der Waals surface area contributed by atoms with Gasteiger partial charge in [-0.1, -0.05) is 27.7 Å². The van der Waals surface area contributed by atoms with Crippen molar-refractivity contribution in [2.75, 3.05) is 0 Å². The lowest BCUT2D eigenvalue weighted by atomic mass is 9.57. The average molecular weight is 196 g/mol. The van der Waals surface area contributed by atoms with Gasteiger partial charge in [0.25, 0.3) is 0 Å². The summed E-state index contributed by atoms with van der Waals surface area (Å²) in [5.41, 5.74) is -0.312. The predicted octanol–water partition coefficient (Wildman–Crippen LogP) is 2.46. The van der Waals surface area contributed by atoms with Crippen molar-refractivity contribution >= 4 is 11.6 Å². The predicted molar refractivity (Wildman–Crippen MR) is 55.9 cm³/mol. The summed E-state index contributed by atoms with van der Waals surface area (Å²) in [5.74, 6) is 0.899. The van der Waals surface area contributed by atoms with Crippen molar-refractivity contribution in [3.63, 3.8) is 0 Å². The highest BCUT2D eigenvalue weighted by molar-refractivity contribution is 5.89. The van der Waals surface area contributed by atoms with Crippen LogP contribution in [-0.2, 0) is 9.59 Å². The summed E-state index contributed by atoms with van der Waals surface area (Å²) in [6.45, 7) is 9.64. The van der Waals surface area contributed by atoms with Crippen molar-refractivity contribution in [1.29, 1.82) is 0 Å². The van der Waals surface area contributed by atoms with Gasteiger partial charge in [0.2, 0.25) is 0 Å². The number of hydrogen-bond donors (Lipinski definition) is 0. The van der Waals surface area contributed by atoms with E-state index in [2.05, 4.69) is 0 Å². The van der Waals surface area contributed by atoms with Crippen LogP contribution in [0.25, 0.3) is 0 Å². The first-order chi connectivity index (χ1) is 6.31. The number of Topliss-reactive ketones (excluding diaryl/α,β-unsaturated/α-hetero) is 2. The zero-order valence-electron chi connectivity index (χ0n) is 9.76. The van der Waals surface area contributed by atoms with E-state index in [9.17, 15) is 9.59 Å². The summed E-state index contributed by atoms with van der Waals surface area (Å²) in [7, 11) is 0. The van der Waals surface area contributed by atoms with Gasteiger partial charge < -0.3 is 0 Å². The number of ketones is 2. The van der Waals surface area contributed by atoms with Crippen LogP contribution in [0.1, 0.15) is 41.0 Å².